The molecule has 2 aromatic rings. The van der Waals surface area contributed by atoms with Gasteiger partial charge >= 0.3 is 0 Å². The third kappa shape index (κ3) is 2.93. The Kier molecular flexibility index (Phi) is 4.08. The number of aromatic nitrogens is 2. The highest BCUT2D eigenvalue weighted by molar-refractivity contribution is 5.83. The molecule has 0 spiro atoms. The van der Waals surface area contributed by atoms with E-state index in [2.05, 4.69) is 40.7 Å². The number of rotatable bonds is 3. The Bertz CT molecular complexity index is 901. The number of hydrogen-bond donors (Lipinski definition) is 0. The summed E-state index contributed by atoms with van der Waals surface area (Å²) in [5.41, 5.74) is 2.37. The van der Waals surface area contributed by atoms with Gasteiger partial charge in [-0.15, -0.1) is 0 Å². The standard InChI is InChI=1S/C25H33N3O/c1-17-26-22-4-2-3-5-23(22)28(17)16-18-6-8-27(9-7-18)24(29)25-13-19-10-20(14-25)12-21(11-19)15-25/h2-5,18-21H,6-16H2,1H3. The van der Waals surface area contributed by atoms with Gasteiger partial charge in [0.2, 0.25) is 5.91 Å². The van der Waals surface area contributed by atoms with Gasteiger partial charge in [-0.05, 0) is 94.1 Å². The fourth-order valence-corrected chi connectivity index (χ4v) is 7.71. The number of imidazole rings is 1. The van der Waals surface area contributed by atoms with E-state index in [1.165, 1.54) is 44.0 Å². The zero-order chi connectivity index (χ0) is 19.6. The number of carbonyl (C=O) groups is 1. The summed E-state index contributed by atoms with van der Waals surface area (Å²) in [6.07, 6.45) is 10.1. The molecule has 4 bridgehead atoms. The first kappa shape index (κ1) is 18.0. The minimum absolute atomic E-state index is 0.0265. The monoisotopic (exact) mass is 391 g/mol. The molecule has 0 radical (unpaired) electrons. The van der Waals surface area contributed by atoms with Crippen LogP contribution in [0.25, 0.3) is 11.0 Å². The van der Waals surface area contributed by atoms with Crippen molar-refractivity contribution in [2.45, 2.75) is 64.8 Å². The number of likely N-dealkylation sites (tertiary alicyclic amines) is 1. The first-order valence-corrected chi connectivity index (χ1v) is 11.8. The van der Waals surface area contributed by atoms with Crippen LogP contribution in [-0.4, -0.2) is 33.4 Å². The zero-order valence-corrected chi connectivity index (χ0v) is 17.6. The van der Waals surface area contributed by atoms with Crippen molar-refractivity contribution in [1.82, 2.24) is 14.5 Å². The molecule has 7 rings (SSSR count). The quantitative estimate of drug-likeness (QED) is 0.754. The first-order chi connectivity index (χ1) is 14.1. The Morgan fingerprint density at radius 2 is 1.66 bits per heavy atom. The number of fused-ring (bicyclic) bond motifs is 1. The molecule has 4 nitrogen and oxygen atoms in total. The fourth-order valence-electron chi connectivity index (χ4n) is 7.71. The molecule has 1 aliphatic heterocycles. The van der Waals surface area contributed by atoms with Crippen molar-refractivity contribution in [2.24, 2.45) is 29.1 Å². The molecule has 2 heterocycles. The summed E-state index contributed by atoms with van der Waals surface area (Å²) in [6.45, 7) is 5.06. The van der Waals surface area contributed by atoms with E-state index in [9.17, 15) is 4.79 Å². The highest BCUT2D eigenvalue weighted by Gasteiger charge is 2.55. The van der Waals surface area contributed by atoms with Crippen molar-refractivity contribution in [3.8, 4) is 0 Å². The van der Waals surface area contributed by atoms with E-state index < -0.39 is 0 Å². The summed E-state index contributed by atoms with van der Waals surface area (Å²) >= 11 is 0. The van der Waals surface area contributed by atoms with E-state index in [0.717, 1.165) is 61.6 Å². The van der Waals surface area contributed by atoms with Gasteiger partial charge in [-0.25, -0.2) is 4.98 Å². The number of piperidine rings is 1. The Balaban J connectivity index is 1.13. The Labute approximate surface area is 173 Å². The molecule has 0 atom stereocenters. The Hall–Kier alpha value is -1.84. The van der Waals surface area contributed by atoms with Gasteiger partial charge in [0, 0.05) is 19.6 Å². The lowest BCUT2D eigenvalue weighted by Crippen LogP contribution is -2.55. The van der Waals surface area contributed by atoms with Gasteiger partial charge in [0.25, 0.3) is 0 Å². The molecular formula is C25H33N3O. The van der Waals surface area contributed by atoms with Crippen molar-refractivity contribution < 1.29 is 4.79 Å². The van der Waals surface area contributed by atoms with Crippen LogP contribution in [0.1, 0.15) is 57.2 Å². The lowest BCUT2D eigenvalue weighted by Gasteiger charge is -2.57. The normalized spacial score (nSPS) is 34.2. The summed E-state index contributed by atoms with van der Waals surface area (Å²) in [5.74, 6) is 4.82. The summed E-state index contributed by atoms with van der Waals surface area (Å²) < 4.78 is 2.39. The molecule has 29 heavy (non-hydrogen) atoms. The van der Waals surface area contributed by atoms with Crippen LogP contribution in [0.15, 0.2) is 24.3 Å². The van der Waals surface area contributed by atoms with E-state index in [1.54, 1.807) is 0 Å². The topological polar surface area (TPSA) is 38.1 Å². The number of para-hydroxylation sites is 2. The molecule has 1 aromatic carbocycles. The van der Waals surface area contributed by atoms with Crippen LogP contribution >= 0.6 is 0 Å². The highest BCUT2D eigenvalue weighted by Crippen LogP contribution is 2.60. The van der Waals surface area contributed by atoms with Crippen LogP contribution in [0.2, 0.25) is 0 Å². The highest BCUT2D eigenvalue weighted by atomic mass is 16.2. The van der Waals surface area contributed by atoms with Gasteiger partial charge in [-0.2, -0.15) is 0 Å². The summed E-state index contributed by atoms with van der Waals surface area (Å²) in [4.78, 5) is 20.6. The average molecular weight is 392 g/mol. The second-order valence-corrected chi connectivity index (χ2v) is 10.7. The van der Waals surface area contributed by atoms with Crippen LogP contribution in [-0.2, 0) is 11.3 Å². The summed E-state index contributed by atoms with van der Waals surface area (Å²) in [5, 5.41) is 0. The van der Waals surface area contributed by atoms with Crippen molar-refractivity contribution >= 4 is 16.9 Å². The predicted molar refractivity (Wildman–Crippen MR) is 114 cm³/mol. The van der Waals surface area contributed by atoms with Crippen LogP contribution in [0.4, 0.5) is 0 Å². The van der Waals surface area contributed by atoms with Gasteiger partial charge < -0.3 is 9.47 Å². The number of benzene rings is 1. The maximum absolute atomic E-state index is 13.6. The first-order valence-electron chi connectivity index (χ1n) is 11.8. The smallest absolute Gasteiger partial charge is 0.228 e. The fraction of sp³-hybridized carbons (Fsp3) is 0.680. The molecule has 4 aliphatic carbocycles. The van der Waals surface area contributed by atoms with Gasteiger partial charge in [-0.1, -0.05) is 12.1 Å². The molecule has 1 amide bonds. The van der Waals surface area contributed by atoms with E-state index >= 15 is 0 Å². The predicted octanol–water partition coefficient (Wildman–Crippen LogP) is 4.80. The molecule has 5 aliphatic rings. The molecule has 4 heteroatoms. The van der Waals surface area contributed by atoms with E-state index in [4.69, 9.17) is 4.98 Å². The minimum Gasteiger partial charge on any atom is -0.342 e. The molecule has 4 saturated carbocycles. The van der Waals surface area contributed by atoms with Crippen molar-refractivity contribution in [2.75, 3.05) is 13.1 Å². The van der Waals surface area contributed by atoms with Crippen molar-refractivity contribution in [3.05, 3.63) is 30.1 Å². The van der Waals surface area contributed by atoms with Crippen molar-refractivity contribution in [3.63, 3.8) is 0 Å². The average Bonchev–Trinajstić information content (AvgIpc) is 3.02. The van der Waals surface area contributed by atoms with Gasteiger partial charge in [0.1, 0.15) is 5.82 Å². The molecule has 154 valence electrons. The lowest BCUT2D eigenvalue weighted by atomic mass is 9.49. The number of carbonyl (C=O) groups excluding carboxylic acids is 1. The second-order valence-electron chi connectivity index (χ2n) is 10.7. The molecule has 1 aromatic heterocycles. The summed E-state index contributed by atoms with van der Waals surface area (Å²) in [7, 11) is 0. The second kappa shape index (κ2) is 6.58. The van der Waals surface area contributed by atoms with Crippen LogP contribution in [0, 0.1) is 36.0 Å². The number of aryl methyl sites for hydroxylation is 1. The largest absolute Gasteiger partial charge is 0.342 e. The zero-order valence-electron chi connectivity index (χ0n) is 17.6. The number of amides is 1. The van der Waals surface area contributed by atoms with Crippen LogP contribution < -0.4 is 0 Å². The van der Waals surface area contributed by atoms with E-state index in [1.807, 2.05) is 0 Å². The molecule has 1 saturated heterocycles. The number of nitrogens with zero attached hydrogens (tertiary/aromatic N) is 3. The van der Waals surface area contributed by atoms with Gasteiger partial charge in [-0.3, -0.25) is 4.79 Å². The Morgan fingerprint density at radius 3 is 2.31 bits per heavy atom. The summed E-state index contributed by atoms with van der Waals surface area (Å²) in [6, 6.07) is 8.45. The molecule has 0 N–H and O–H groups in total. The van der Waals surface area contributed by atoms with Crippen LogP contribution in [0.5, 0.6) is 0 Å². The molecular weight excluding hydrogens is 358 g/mol. The van der Waals surface area contributed by atoms with Gasteiger partial charge in [0.15, 0.2) is 0 Å². The van der Waals surface area contributed by atoms with Gasteiger partial charge in [0.05, 0.1) is 16.4 Å². The molecule has 5 fully saturated rings. The minimum atomic E-state index is 0.0265. The maximum atomic E-state index is 13.6. The van der Waals surface area contributed by atoms with Crippen LogP contribution in [0.3, 0.4) is 0 Å². The Morgan fingerprint density at radius 1 is 1.03 bits per heavy atom. The third-order valence-corrected chi connectivity index (χ3v) is 8.68. The maximum Gasteiger partial charge on any atom is 0.228 e. The third-order valence-electron chi connectivity index (χ3n) is 8.68. The van der Waals surface area contributed by atoms with E-state index in [-0.39, 0.29) is 5.41 Å². The number of hydrogen-bond acceptors (Lipinski definition) is 2. The van der Waals surface area contributed by atoms with E-state index in [0.29, 0.717) is 11.8 Å². The molecule has 0 unspecified atom stereocenters. The van der Waals surface area contributed by atoms with Crippen molar-refractivity contribution in [1.29, 1.82) is 0 Å². The lowest BCUT2D eigenvalue weighted by molar-refractivity contribution is -0.159. The SMILES string of the molecule is Cc1nc2ccccc2n1CC1CCN(C(=O)C23CC4CC(CC(C4)C2)C3)CC1.